The summed E-state index contributed by atoms with van der Waals surface area (Å²) in [6.07, 6.45) is 1.79. The van der Waals surface area contributed by atoms with E-state index in [2.05, 4.69) is 0 Å². The number of carbonyl (C=O) groups is 1. The third kappa shape index (κ3) is 5.55. The van der Waals surface area contributed by atoms with Crippen LogP contribution in [0.5, 0.6) is 5.75 Å². The molecule has 7 heteroatoms. The topological polar surface area (TPSA) is 89.7 Å². The van der Waals surface area contributed by atoms with Crippen molar-refractivity contribution in [2.75, 3.05) is 26.5 Å². The second-order valence-electron chi connectivity index (χ2n) is 6.74. The summed E-state index contributed by atoms with van der Waals surface area (Å²) in [6, 6.07) is 15.6. The van der Waals surface area contributed by atoms with E-state index in [1.165, 1.54) is 12.1 Å². The van der Waals surface area contributed by atoms with Gasteiger partial charge in [-0.2, -0.15) is 0 Å². The summed E-state index contributed by atoms with van der Waals surface area (Å²) in [4.78, 5) is 14.5. The van der Waals surface area contributed by atoms with E-state index in [4.69, 9.17) is 10.5 Å². The molecule has 0 heterocycles. The molecule has 0 spiro atoms. The predicted molar refractivity (Wildman–Crippen MR) is 105 cm³/mol. The lowest BCUT2D eigenvalue weighted by atomic mass is 9.92. The summed E-state index contributed by atoms with van der Waals surface area (Å²) < 4.78 is 28.5. The van der Waals surface area contributed by atoms with Crippen LogP contribution in [0, 0.1) is 0 Å². The van der Waals surface area contributed by atoms with Gasteiger partial charge in [-0.25, -0.2) is 8.42 Å². The van der Waals surface area contributed by atoms with Gasteiger partial charge in [0.05, 0.1) is 11.5 Å². The summed E-state index contributed by atoms with van der Waals surface area (Å²) in [7, 11) is -1.49. The van der Waals surface area contributed by atoms with Crippen molar-refractivity contribution in [2.45, 2.75) is 23.8 Å². The number of ether oxygens (including phenoxy) is 1. The number of carbonyl (C=O) groups excluding carboxylic acids is 1. The molecule has 27 heavy (non-hydrogen) atoms. The fraction of sp³-hybridized carbons (Fsp3) is 0.350. The minimum Gasteiger partial charge on any atom is -0.494 e. The quantitative estimate of drug-likeness (QED) is 0.698. The summed E-state index contributed by atoms with van der Waals surface area (Å²) >= 11 is 0. The highest BCUT2D eigenvalue weighted by Crippen LogP contribution is 2.20. The summed E-state index contributed by atoms with van der Waals surface area (Å²) in [5.41, 5.74) is 5.94. The molecule has 1 atom stereocenters. The highest BCUT2D eigenvalue weighted by molar-refractivity contribution is 7.90. The number of likely N-dealkylation sites (N-methyl/N-ethyl adjacent to an activating group) is 1. The van der Waals surface area contributed by atoms with Crippen LogP contribution in [-0.2, 0) is 20.2 Å². The molecule has 0 aromatic heterocycles. The monoisotopic (exact) mass is 390 g/mol. The van der Waals surface area contributed by atoms with Crippen LogP contribution in [0.4, 0.5) is 0 Å². The third-order valence-electron chi connectivity index (χ3n) is 4.32. The number of rotatable bonds is 8. The van der Waals surface area contributed by atoms with Gasteiger partial charge in [0.2, 0.25) is 5.91 Å². The summed E-state index contributed by atoms with van der Waals surface area (Å²) in [5, 5.41) is 0. The molecule has 6 nitrogen and oxygen atoms in total. The first kappa shape index (κ1) is 20.9. The lowest BCUT2D eigenvalue weighted by Crippen LogP contribution is -2.50. The predicted octanol–water partition coefficient (Wildman–Crippen LogP) is 2.19. The van der Waals surface area contributed by atoms with Crippen LogP contribution in [0.3, 0.4) is 0 Å². The van der Waals surface area contributed by atoms with Crippen LogP contribution in [0.25, 0.3) is 0 Å². The molecule has 2 rings (SSSR count). The van der Waals surface area contributed by atoms with E-state index in [0.717, 1.165) is 11.8 Å². The van der Waals surface area contributed by atoms with Gasteiger partial charge in [0, 0.05) is 19.8 Å². The van der Waals surface area contributed by atoms with Crippen LogP contribution in [0.2, 0.25) is 0 Å². The van der Waals surface area contributed by atoms with Crippen molar-refractivity contribution < 1.29 is 17.9 Å². The third-order valence-corrected chi connectivity index (χ3v) is 5.45. The van der Waals surface area contributed by atoms with E-state index in [9.17, 15) is 13.2 Å². The molecule has 146 valence electrons. The van der Waals surface area contributed by atoms with Crippen molar-refractivity contribution in [3.8, 4) is 5.75 Å². The van der Waals surface area contributed by atoms with Crippen molar-refractivity contribution in [2.24, 2.45) is 5.73 Å². The highest BCUT2D eigenvalue weighted by atomic mass is 32.2. The van der Waals surface area contributed by atoms with Crippen LogP contribution in [0.15, 0.2) is 59.5 Å². The Morgan fingerprint density at radius 2 is 1.70 bits per heavy atom. The highest BCUT2D eigenvalue weighted by Gasteiger charge is 2.32. The molecule has 0 saturated carbocycles. The first-order valence-corrected chi connectivity index (χ1v) is 10.5. The molecule has 2 aromatic carbocycles. The van der Waals surface area contributed by atoms with Crippen molar-refractivity contribution in [3.05, 3.63) is 60.2 Å². The van der Waals surface area contributed by atoms with Gasteiger partial charge >= 0.3 is 0 Å². The Morgan fingerprint density at radius 3 is 2.26 bits per heavy atom. The number of nitrogens with two attached hydrogens (primary N) is 1. The maximum Gasteiger partial charge on any atom is 0.246 e. The lowest BCUT2D eigenvalue weighted by molar-refractivity contribution is -0.135. The average Bonchev–Trinajstić information content (AvgIpc) is 2.64. The van der Waals surface area contributed by atoms with Gasteiger partial charge in [-0.1, -0.05) is 30.3 Å². The number of hydrogen-bond donors (Lipinski definition) is 1. The number of sulfone groups is 1. The van der Waals surface area contributed by atoms with E-state index in [1.54, 1.807) is 31.0 Å². The molecule has 2 aromatic rings. The Bertz CT molecular complexity index is 863. The molecule has 0 aliphatic rings. The number of amides is 1. The smallest absolute Gasteiger partial charge is 0.246 e. The summed E-state index contributed by atoms with van der Waals surface area (Å²) in [6.45, 7) is 2.61. The largest absolute Gasteiger partial charge is 0.494 e. The van der Waals surface area contributed by atoms with Crippen molar-refractivity contribution in [1.82, 2.24) is 4.90 Å². The SMILES string of the molecule is CN(CCCOc1ccc(S(C)(=O)=O)cc1)C(=O)C(C)(N)c1ccccc1. The van der Waals surface area contributed by atoms with E-state index in [1.807, 2.05) is 30.3 Å². The van der Waals surface area contributed by atoms with Gasteiger partial charge < -0.3 is 15.4 Å². The second-order valence-corrected chi connectivity index (χ2v) is 8.76. The van der Waals surface area contributed by atoms with Gasteiger partial charge in [-0.05, 0) is 43.2 Å². The van der Waals surface area contributed by atoms with Gasteiger partial charge in [-0.15, -0.1) is 0 Å². The normalized spacial score (nSPS) is 13.6. The van der Waals surface area contributed by atoms with E-state index in [0.29, 0.717) is 25.3 Å². The van der Waals surface area contributed by atoms with Crippen molar-refractivity contribution >= 4 is 15.7 Å². The molecule has 0 bridgehead atoms. The second kappa shape index (κ2) is 8.54. The van der Waals surface area contributed by atoms with Gasteiger partial charge in [0.25, 0.3) is 0 Å². The molecule has 0 aliphatic carbocycles. The van der Waals surface area contributed by atoms with Crippen molar-refractivity contribution in [1.29, 1.82) is 0 Å². The maximum absolute atomic E-state index is 12.7. The van der Waals surface area contributed by atoms with Crippen molar-refractivity contribution in [3.63, 3.8) is 0 Å². The molecule has 0 aliphatic heterocycles. The molecule has 0 radical (unpaired) electrons. The van der Waals surface area contributed by atoms with Crippen LogP contribution in [0.1, 0.15) is 18.9 Å². The first-order valence-electron chi connectivity index (χ1n) is 8.65. The summed E-state index contributed by atoms with van der Waals surface area (Å²) in [5.74, 6) is 0.426. The van der Waals surface area contributed by atoms with Crippen LogP contribution < -0.4 is 10.5 Å². The first-order chi connectivity index (χ1) is 12.6. The van der Waals surface area contributed by atoms with E-state index in [-0.39, 0.29) is 10.8 Å². The Morgan fingerprint density at radius 1 is 1.11 bits per heavy atom. The Hall–Kier alpha value is -2.38. The molecule has 1 unspecified atom stereocenters. The van der Waals surface area contributed by atoms with Gasteiger partial charge in [-0.3, -0.25) is 4.79 Å². The molecule has 0 saturated heterocycles. The zero-order chi connectivity index (χ0) is 20.1. The maximum atomic E-state index is 12.7. The molecule has 0 fully saturated rings. The Labute approximate surface area is 160 Å². The van der Waals surface area contributed by atoms with E-state index >= 15 is 0 Å². The average molecular weight is 391 g/mol. The molecule has 1 amide bonds. The minimum absolute atomic E-state index is 0.161. The Kier molecular flexibility index (Phi) is 6.62. The number of hydrogen-bond acceptors (Lipinski definition) is 5. The van der Waals surface area contributed by atoms with Crippen LogP contribution >= 0.6 is 0 Å². The lowest BCUT2D eigenvalue weighted by Gasteiger charge is -2.29. The zero-order valence-corrected chi connectivity index (χ0v) is 16.7. The zero-order valence-electron chi connectivity index (χ0n) is 15.9. The molecule has 2 N–H and O–H groups in total. The fourth-order valence-electron chi connectivity index (χ4n) is 2.68. The fourth-order valence-corrected chi connectivity index (χ4v) is 3.31. The number of nitrogens with zero attached hydrogens (tertiary/aromatic N) is 1. The molecular weight excluding hydrogens is 364 g/mol. The molecular formula is C20H26N2O4S. The minimum atomic E-state index is -3.21. The van der Waals surface area contributed by atoms with Gasteiger partial charge in [0.1, 0.15) is 11.3 Å². The standard InChI is InChI=1S/C20H26N2O4S/c1-20(21,16-8-5-4-6-9-16)19(23)22(2)14-7-15-26-17-10-12-18(13-11-17)27(3,24)25/h4-6,8-13H,7,14-15,21H2,1-3H3. The number of benzene rings is 2. The van der Waals surface area contributed by atoms with E-state index < -0.39 is 15.4 Å². The van der Waals surface area contributed by atoms with Gasteiger partial charge in [0.15, 0.2) is 9.84 Å². The van der Waals surface area contributed by atoms with Crippen LogP contribution in [-0.4, -0.2) is 45.7 Å². The Balaban J connectivity index is 1.83.